The van der Waals surface area contributed by atoms with Crippen LogP contribution >= 0.6 is 11.8 Å². The summed E-state index contributed by atoms with van der Waals surface area (Å²) in [7, 11) is 0. The molecule has 0 fully saturated rings. The molecule has 0 unspecified atom stereocenters. The van der Waals surface area contributed by atoms with Gasteiger partial charge in [-0.2, -0.15) is 5.10 Å². The molecule has 0 bridgehead atoms. The number of thioether (sulfide) groups is 1. The maximum atomic E-state index is 5.12. The van der Waals surface area contributed by atoms with Gasteiger partial charge in [0.25, 0.3) is 0 Å². The lowest BCUT2D eigenvalue weighted by Crippen LogP contribution is -1.98. The van der Waals surface area contributed by atoms with Gasteiger partial charge >= 0.3 is 0 Å². The predicted octanol–water partition coefficient (Wildman–Crippen LogP) is 7.63. The quantitative estimate of drug-likeness (QED) is 0.262. The Kier molecular flexibility index (Phi) is 4.93. The van der Waals surface area contributed by atoms with E-state index in [0.717, 1.165) is 38.6 Å². The lowest BCUT2D eigenvalue weighted by atomic mass is 9.95. The summed E-state index contributed by atoms with van der Waals surface area (Å²) in [5.41, 5.74) is 6.24. The molecule has 0 aliphatic heterocycles. The van der Waals surface area contributed by atoms with Gasteiger partial charge < -0.3 is 0 Å². The Morgan fingerprint density at radius 3 is 2.18 bits per heavy atom. The molecule has 158 valence electrons. The zero-order chi connectivity index (χ0) is 22.2. The van der Waals surface area contributed by atoms with E-state index in [1.54, 1.807) is 11.8 Å². The summed E-state index contributed by atoms with van der Waals surface area (Å²) in [6.07, 6.45) is 2.07. The van der Waals surface area contributed by atoms with Crippen molar-refractivity contribution in [3.05, 3.63) is 109 Å². The summed E-state index contributed by atoms with van der Waals surface area (Å²) in [4.78, 5) is 5.05. The van der Waals surface area contributed by atoms with E-state index in [9.17, 15) is 0 Å². The van der Waals surface area contributed by atoms with E-state index in [0.29, 0.717) is 0 Å². The molecule has 0 saturated heterocycles. The first-order chi connectivity index (χ1) is 16.3. The van der Waals surface area contributed by atoms with Crippen LogP contribution < -0.4 is 0 Å². The predicted molar refractivity (Wildman–Crippen MR) is 139 cm³/mol. The Bertz CT molecular complexity index is 1580. The third-order valence-corrected chi connectivity index (χ3v) is 6.58. The van der Waals surface area contributed by atoms with Crippen molar-refractivity contribution in [3.8, 4) is 28.1 Å². The molecule has 6 aromatic rings. The van der Waals surface area contributed by atoms with Crippen LogP contribution in [-0.2, 0) is 0 Å². The molecule has 6 rings (SSSR count). The molecule has 0 amide bonds. The number of nitrogens with zero attached hydrogens (tertiary/aromatic N) is 3. The molecule has 4 heteroatoms. The molecule has 0 aliphatic rings. The molecule has 3 nitrogen and oxygen atoms in total. The second-order valence-corrected chi connectivity index (χ2v) is 8.73. The van der Waals surface area contributed by atoms with Gasteiger partial charge in [0, 0.05) is 5.56 Å². The van der Waals surface area contributed by atoms with E-state index in [2.05, 4.69) is 91.2 Å². The SMILES string of the molecule is CSc1cc(-c2cccc3ccccc23)c2c(-c3ccccc3)nn(-c3ccccc3)c2n1. The molecule has 2 heterocycles. The minimum absolute atomic E-state index is 0.870. The van der Waals surface area contributed by atoms with Crippen LogP contribution in [0.15, 0.2) is 114 Å². The average molecular weight is 444 g/mol. The Labute approximate surface area is 196 Å². The van der Waals surface area contributed by atoms with Crippen molar-refractivity contribution < 1.29 is 0 Å². The van der Waals surface area contributed by atoms with E-state index < -0.39 is 0 Å². The topological polar surface area (TPSA) is 30.7 Å². The highest BCUT2D eigenvalue weighted by Crippen LogP contribution is 2.40. The molecule has 4 aromatic carbocycles. The van der Waals surface area contributed by atoms with Crippen LogP contribution in [0.25, 0.3) is 49.9 Å². The number of hydrogen-bond acceptors (Lipinski definition) is 3. The van der Waals surface area contributed by atoms with Gasteiger partial charge in [0.2, 0.25) is 0 Å². The number of para-hydroxylation sites is 1. The monoisotopic (exact) mass is 443 g/mol. The number of aromatic nitrogens is 3. The third-order valence-electron chi connectivity index (χ3n) is 5.95. The highest BCUT2D eigenvalue weighted by molar-refractivity contribution is 7.98. The van der Waals surface area contributed by atoms with Crippen LogP contribution in [0.4, 0.5) is 0 Å². The summed E-state index contributed by atoms with van der Waals surface area (Å²) in [6.45, 7) is 0. The van der Waals surface area contributed by atoms with Gasteiger partial charge in [-0.25, -0.2) is 9.67 Å². The third kappa shape index (κ3) is 3.40. The average Bonchev–Trinajstić information content (AvgIpc) is 3.28. The first-order valence-electron chi connectivity index (χ1n) is 10.9. The van der Waals surface area contributed by atoms with Crippen molar-refractivity contribution in [1.82, 2.24) is 14.8 Å². The van der Waals surface area contributed by atoms with Gasteiger partial charge in [0.05, 0.1) is 16.1 Å². The highest BCUT2D eigenvalue weighted by atomic mass is 32.2. The fourth-order valence-electron chi connectivity index (χ4n) is 4.42. The van der Waals surface area contributed by atoms with E-state index in [-0.39, 0.29) is 0 Å². The Morgan fingerprint density at radius 2 is 1.39 bits per heavy atom. The largest absolute Gasteiger partial charge is 0.222 e. The van der Waals surface area contributed by atoms with Crippen molar-refractivity contribution in [2.24, 2.45) is 0 Å². The van der Waals surface area contributed by atoms with Gasteiger partial charge in [0.1, 0.15) is 5.69 Å². The number of pyridine rings is 1. The normalized spacial score (nSPS) is 11.3. The van der Waals surface area contributed by atoms with Gasteiger partial charge in [-0.1, -0.05) is 91.0 Å². The molecular weight excluding hydrogens is 422 g/mol. The van der Waals surface area contributed by atoms with E-state index in [4.69, 9.17) is 10.1 Å². The summed E-state index contributed by atoms with van der Waals surface area (Å²) >= 11 is 1.65. The molecule has 0 atom stereocenters. The molecule has 0 N–H and O–H groups in total. The number of benzene rings is 4. The van der Waals surface area contributed by atoms with Gasteiger partial charge in [-0.05, 0) is 46.4 Å². The van der Waals surface area contributed by atoms with E-state index in [1.165, 1.54) is 16.3 Å². The van der Waals surface area contributed by atoms with Crippen molar-refractivity contribution >= 4 is 33.6 Å². The summed E-state index contributed by atoms with van der Waals surface area (Å²) in [5, 5.41) is 9.61. The summed E-state index contributed by atoms with van der Waals surface area (Å²) in [5.74, 6) is 0. The molecule has 2 aromatic heterocycles. The highest BCUT2D eigenvalue weighted by Gasteiger charge is 2.21. The summed E-state index contributed by atoms with van der Waals surface area (Å²) in [6, 6.07) is 37.9. The minimum Gasteiger partial charge on any atom is -0.222 e. The van der Waals surface area contributed by atoms with E-state index >= 15 is 0 Å². The van der Waals surface area contributed by atoms with Gasteiger partial charge in [-0.15, -0.1) is 11.8 Å². The van der Waals surface area contributed by atoms with Gasteiger partial charge in [0.15, 0.2) is 5.65 Å². The lowest BCUT2D eigenvalue weighted by Gasteiger charge is -2.11. The summed E-state index contributed by atoms with van der Waals surface area (Å²) < 4.78 is 1.98. The number of hydrogen-bond donors (Lipinski definition) is 0. The first kappa shape index (κ1) is 19.8. The molecule has 0 radical (unpaired) electrons. The van der Waals surface area contributed by atoms with Crippen molar-refractivity contribution in [2.45, 2.75) is 5.03 Å². The van der Waals surface area contributed by atoms with Crippen LogP contribution in [0.2, 0.25) is 0 Å². The van der Waals surface area contributed by atoms with Crippen LogP contribution in [0.3, 0.4) is 0 Å². The van der Waals surface area contributed by atoms with Crippen molar-refractivity contribution in [3.63, 3.8) is 0 Å². The Balaban J connectivity index is 1.77. The Hall–Kier alpha value is -3.89. The Morgan fingerprint density at radius 1 is 0.697 bits per heavy atom. The molecule has 0 aliphatic carbocycles. The van der Waals surface area contributed by atoms with E-state index in [1.807, 2.05) is 28.9 Å². The second-order valence-electron chi connectivity index (χ2n) is 7.90. The second kappa shape index (κ2) is 8.23. The maximum Gasteiger partial charge on any atom is 0.165 e. The van der Waals surface area contributed by atoms with Crippen LogP contribution in [0.5, 0.6) is 0 Å². The molecule has 0 saturated carbocycles. The standard InChI is InChI=1S/C29H21N3S/c1-33-26-19-25(24-18-10-14-20-11-8-9-17-23(20)24)27-28(21-12-4-2-5-13-21)31-32(29(27)30-26)22-15-6-3-7-16-22/h2-19H,1H3. The van der Waals surface area contributed by atoms with Crippen molar-refractivity contribution in [2.75, 3.05) is 6.26 Å². The lowest BCUT2D eigenvalue weighted by molar-refractivity contribution is 0.893. The van der Waals surface area contributed by atoms with Gasteiger partial charge in [-0.3, -0.25) is 0 Å². The molecule has 0 spiro atoms. The van der Waals surface area contributed by atoms with Crippen LogP contribution in [-0.4, -0.2) is 21.0 Å². The first-order valence-corrected chi connectivity index (χ1v) is 12.1. The molecular formula is C29H21N3S. The molecule has 33 heavy (non-hydrogen) atoms. The fraction of sp³-hybridized carbons (Fsp3) is 0.0345. The van der Waals surface area contributed by atoms with Crippen LogP contribution in [0.1, 0.15) is 0 Å². The number of fused-ring (bicyclic) bond motifs is 2. The number of rotatable bonds is 4. The fourth-order valence-corrected chi connectivity index (χ4v) is 4.83. The minimum atomic E-state index is 0.870. The van der Waals surface area contributed by atoms with Crippen LogP contribution in [0, 0.1) is 0 Å². The zero-order valence-corrected chi connectivity index (χ0v) is 19.0. The zero-order valence-electron chi connectivity index (χ0n) is 18.1. The van der Waals surface area contributed by atoms with Crippen molar-refractivity contribution in [1.29, 1.82) is 0 Å². The maximum absolute atomic E-state index is 5.12. The smallest absolute Gasteiger partial charge is 0.165 e.